The number of aromatic nitrogens is 1. The highest BCUT2D eigenvalue weighted by Crippen LogP contribution is 2.29. The molecule has 7 heteroatoms. The highest BCUT2D eigenvalue weighted by atomic mass is 32.1. The molecule has 3 aromatic rings. The second kappa shape index (κ2) is 8.35. The number of alkyl halides is 3. The number of hydrogen-bond acceptors (Lipinski definition) is 4. The van der Waals surface area contributed by atoms with Gasteiger partial charge in [0.2, 0.25) is 5.89 Å². The second-order valence-corrected chi connectivity index (χ2v) is 6.04. The van der Waals surface area contributed by atoms with Crippen LogP contribution >= 0.6 is 12.6 Å². The normalized spacial score (nSPS) is 11.9. The summed E-state index contributed by atoms with van der Waals surface area (Å²) in [5.41, 5.74) is 1.64. The van der Waals surface area contributed by atoms with Gasteiger partial charge in [0.05, 0.1) is 5.56 Å². The van der Waals surface area contributed by atoms with Crippen molar-refractivity contribution >= 4 is 24.8 Å². The maximum Gasteiger partial charge on any atom is 0.416 e. The fourth-order valence-electron chi connectivity index (χ4n) is 2.26. The first-order valence-corrected chi connectivity index (χ1v) is 8.69. The first-order valence-electron chi connectivity index (χ1n) is 8.06. The molecule has 0 radical (unpaired) electrons. The second-order valence-electron chi connectivity index (χ2n) is 5.72. The summed E-state index contributed by atoms with van der Waals surface area (Å²) < 4.78 is 48.6. The van der Waals surface area contributed by atoms with Gasteiger partial charge < -0.3 is 9.15 Å². The van der Waals surface area contributed by atoms with Crippen LogP contribution in [0.1, 0.15) is 28.3 Å². The summed E-state index contributed by atoms with van der Waals surface area (Å²) in [5, 5.41) is 0. The minimum Gasteiger partial charge on any atom is -0.487 e. The largest absolute Gasteiger partial charge is 0.487 e. The third-order valence-electron chi connectivity index (χ3n) is 3.72. The van der Waals surface area contributed by atoms with Crippen molar-refractivity contribution in [2.24, 2.45) is 0 Å². The number of oxazole rings is 1. The van der Waals surface area contributed by atoms with E-state index in [0.29, 0.717) is 28.7 Å². The zero-order chi connectivity index (χ0) is 19.3. The average molecular weight is 391 g/mol. The summed E-state index contributed by atoms with van der Waals surface area (Å²) in [4.78, 5) is 4.26. The lowest BCUT2D eigenvalue weighted by molar-refractivity contribution is -0.137. The number of benzene rings is 2. The Labute approximate surface area is 159 Å². The summed E-state index contributed by atoms with van der Waals surface area (Å²) in [6.45, 7) is 0.248. The predicted octanol–water partition coefficient (Wildman–Crippen LogP) is 5.87. The number of halogens is 3. The van der Waals surface area contributed by atoms with Crippen LogP contribution in [0.15, 0.2) is 59.2 Å². The molecule has 2 aromatic carbocycles. The predicted molar refractivity (Wildman–Crippen MR) is 100 cm³/mol. The molecule has 0 saturated heterocycles. The number of thiol groups is 1. The highest BCUT2D eigenvalue weighted by molar-refractivity contribution is 7.79. The molecular formula is C20H16F3NO2S. The molecule has 0 N–H and O–H groups in total. The third kappa shape index (κ3) is 5.40. The Kier molecular flexibility index (Phi) is 5.91. The molecule has 3 nitrogen and oxygen atoms in total. The van der Waals surface area contributed by atoms with E-state index in [0.717, 1.165) is 17.7 Å². The fourth-order valence-corrected chi connectivity index (χ4v) is 2.48. The Morgan fingerprint density at radius 1 is 1.00 bits per heavy atom. The van der Waals surface area contributed by atoms with Gasteiger partial charge in [-0.05, 0) is 41.5 Å². The van der Waals surface area contributed by atoms with E-state index in [1.807, 2.05) is 24.3 Å². The number of nitrogens with zero attached hydrogens (tertiary/aromatic N) is 1. The molecule has 3 rings (SSSR count). The van der Waals surface area contributed by atoms with Crippen LogP contribution in [0.2, 0.25) is 0 Å². The maximum absolute atomic E-state index is 12.5. The average Bonchev–Trinajstić information content (AvgIpc) is 3.13. The van der Waals surface area contributed by atoms with Crippen molar-refractivity contribution in [1.29, 1.82) is 0 Å². The van der Waals surface area contributed by atoms with Gasteiger partial charge in [0.25, 0.3) is 0 Å². The van der Waals surface area contributed by atoms with Gasteiger partial charge in [-0.25, -0.2) is 4.98 Å². The van der Waals surface area contributed by atoms with Crippen molar-refractivity contribution in [1.82, 2.24) is 4.98 Å². The van der Waals surface area contributed by atoms with Gasteiger partial charge in [0, 0.05) is 11.8 Å². The first kappa shape index (κ1) is 19.1. The Morgan fingerprint density at radius 3 is 2.33 bits per heavy atom. The zero-order valence-electron chi connectivity index (χ0n) is 14.1. The molecule has 0 unspecified atom stereocenters. The molecule has 0 aliphatic heterocycles. The summed E-state index contributed by atoms with van der Waals surface area (Å²) in [6, 6.07) is 12.4. The standard InChI is InChI=1S/C20H16F3NO2S/c21-20(22,23)16-6-1-14(2-7-16)5-10-19-24-17(12-26-19)11-25-18-8-3-15(13-27)4-9-18/h1-10,12,27H,11,13H2/b10-5+. The molecule has 0 atom stereocenters. The number of rotatable bonds is 6. The lowest BCUT2D eigenvalue weighted by Gasteiger charge is -2.05. The van der Waals surface area contributed by atoms with Crippen LogP contribution < -0.4 is 4.74 Å². The Morgan fingerprint density at radius 2 is 1.70 bits per heavy atom. The van der Waals surface area contributed by atoms with Crippen LogP contribution in [0.25, 0.3) is 12.2 Å². The molecule has 0 spiro atoms. The molecule has 0 aliphatic rings. The molecule has 1 heterocycles. The van der Waals surface area contributed by atoms with Gasteiger partial charge in [-0.2, -0.15) is 25.8 Å². The van der Waals surface area contributed by atoms with Gasteiger partial charge in [-0.1, -0.05) is 24.3 Å². The van der Waals surface area contributed by atoms with E-state index in [4.69, 9.17) is 9.15 Å². The van der Waals surface area contributed by atoms with Gasteiger partial charge in [-0.3, -0.25) is 0 Å². The Bertz CT molecular complexity index is 900. The Balaban J connectivity index is 1.57. The summed E-state index contributed by atoms with van der Waals surface area (Å²) in [5.74, 6) is 1.72. The van der Waals surface area contributed by atoms with E-state index >= 15 is 0 Å². The fraction of sp³-hybridized carbons (Fsp3) is 0.150. The number of ether oxygens (including phenoxy) is 1. The van der Waals surface area contributed by atoms with Crippen molar-refractivity contribution in [2.75, 3.05) is 0 Å². The number of hydrogen-bond donors (Lipinski definition) is 1. The van der Waals surface area contributed by atoms with Crippen LogP contribution in [0.3, 0.4) is 0 Å². The van der Waals surface area contributed by atoms with Gasteiger partial charge in [0.1, 0.15) is 24.3 Å². The molecule has 0 bridgehead atoms. The smallest absolute Gasteiger partial charge is 0.416 e. The lowest BCUT2D eigenvalue weighted by atomic mass is 10.1. The minimum atomic E-state index is -4.34. The van der Waals surface area contributed by atoms with E-state index in [9.17, 15) is 13.2 Å². The van der Waals surface area contributed by atoms with E-state index < -0.39 is 11.7 Å². The summed E-state index contributed by atoms with van der Waals surface area (Å²) >= 11 is 4.20. The first-order chi connectivity index (χ1) is 12.9. The van der Waals surface area contributed by atoms with Crippen molar-refractivity contribution in [3.8, 4) is 5.75 Å². The monoisotopic (exact) mass is 391 g/mol. The van der Waals surface area contributed by atoms with Crippen LogP contribution in [-0.4, -0.2) is 4.98 Å². The Hall–Kier alpha value is -2.67. The van der Waals surface area contributed by atoms with Gasteiger partial charge in [-0.15, -0.1) is 0 Å². The molecule has 27 heavy (non-hydrogen) atoms. The quantitative estimate of drug-likeness (QED) is 0.534. The van der Waals surface area contributed by atoms with E-state index in [-0.39, 0.29) is 6.61 Å². The lowest BCUT2D eigenvalue weighted by Crippen LogP contribution is -2.03. The van der Waals surface area contributed by atoms with Crippen molar-refractivity contribution < 1.29 is 22.3 Å². The minimum absolute atomic E-state index is 0.248. The van der Waals surface area contributed by atoms with Gasteiger partial charge in [0.15, 0.2) is 0 Å². The summed E-state index contributed by atoms with van der Waals surface area (Å²) in [7, 11) is 0. The van der Waals surface area contributed by atoms with E-state index in [1.54, 1.807) is 12.2 Å². The third-order valence-corrected chi connectivity index (χ3v) is 4.08. The summed E-state index contributed by atoms with van der Waals surface area (Å²) in [6.07, 6.45) is 0.363. The van der Waals surface area contributed by atoms with Crippen LogP contribution in [0.5, 0.6) is 5.75 Å². The van der Waals surface area contributed by atoms with Crippen LogP contribution in [0.4, 0.5) is 13.2 Å². The zero-order valence-corrected chi connectivity index (χ0v) is 15.0. The van der Waals surface area contributed by atoms with Crippen molar-refractivity contribution in [2.45, 2.75) is 18.5 Å². The van der Waals surface area contributed by atoms with Crippen molar-refractivity contribution in [3.05, 3.63) is 83.1 Å². The van der Waals surface area contributed by atoms with Crippen molar-refractivity contribution in [3.63, 3.8) is 0 Å². The maximum atomic E-state index is 12.5. The molecule has 0 aliphatic carbocycles. The molecular weight excluding hydrogens is 375 g/mol. The molecule has 0 amide bonds. The molecule has 0 fully saturated rings. The van der Waals surface area contributed by atoms with Crippen LogP contribution in [0, 0.1) is 0 Å². The molecule has 1 aromatic heterocycles. The molecule has 140 valence electrons. The molecule has 0 saturated carbocycles. The van der Waals surface area contributed by atoms with Gasteiger partial charge >= 0.3 is 6.18 Å². The van der Waals surface area contributed by atoms with Crippen LogP contribution in [-0.2, 0) is 18.5 Å². The van der Waals surface area contributed by atoms with E-state index in [2.05, 4.69) is 17.6 Å². The van der Waals surface area contributed by atoms with E-state index in [1.165, 1.54) is 18.4 Å². The highest BCUT2D eigenvalue weighted by Gasteiger charge is 2.29. The topological polar surface area (TPSA) is 35.3 Å². The SMILES string of the molecule is FC(F)(F)c1ccc(/C=C/c2nc(COc3ccc(CS)cc3)co2)cc1.